The van der Waals surface area contributed by atoms with Gasteiger partial charge in [-0.1, -0.05) is 0 Å². The Labute approximate surface area is 116 Å². The van der Waals surface area contributed by atoms with Crippen LogP contribution in [0.5, 0.6) is 0 Å². The van der Waals surface area contributed by atoms with E-state index in [4.69, 9.17) is 20.3 Å². The zero-order valence-corrected chi connectivity index (χ0v) is 11.6. The second-order valence-electron chi connectivity index (χ2n) is 4.84. The highest BCUT2D eigenvalue weighted by Gasteiger charge is 2.28. The third-order valence-corrected chi connectivity index (χ3v) is 3.94. The summed E-state index contributed by atoms with van der Waals surface area (Å²) < 4.78 is 7.46. The lowest BCUT2D eigenvalue weighted by atomic mass is 10.2. The number of aromatic nitrogens is 4. The highest BCUT2D eigenvalue weighted by atomic mass is 31.2. The number of anilines is 1. The molecule has 1 fully saturated rings. The van der Waals surface area contributed by atoms with Crippen molar-refractivity contribution in [3.05, 3.63) is 12.7 Å². The molecule has 0 saturated heterocycles. The molecule has 1 aliphatic rings. The second kappa shape index (κ2) is 5.57. The van der Waals surface area contributed by atoms with Crippen LogP contribution < -0.4 is 5.73 Å². The Kier molecular flexibility index (Phi) is 3.80. The van der Waals surface area contributed by atoms with Crippen molar-refractivity contribution in [3.8, 4) is 0 Å². The second-order valence-corrected chi connectivity index (χ2v) is 5.84. The largest absolute Gasteiger partial charge is 0.382 e. The molecule has 9 heteroatoms. The zero-order valence-electron chi connectivity index (χ0n) is 10.8. The van der Waals surface area contributed by atoms with Gasteiger partial charge in [0.05, 0.1) is 12.4 Å². The minimum absolute atomic E-state index is 0.00646. The Morgan fingerprint density at radius 1 is 1.35 bits per heavy atom. The van der Waals surface area contributed by atoms with Crippen LogP contribution in [-0.4, -0.2) is 41.8 Å². The highest BCUT2D eigenvalue weighted by molar-refractivity contribution is 7.44. The van der Waals surface area contributed by atoms with E-state index in [1.165, 1.54) is 6.33 Å². The number of hydrogen-bond donors (Lipinski definition) is 3. The molecule has 2 unspecified atom stereocenters. The molecule has 2 atom stereocenters. The first-order chi connectivity index (χ1) is 9.65. The predicted molar refractivity (Wildman–Crippen MR) is 73.7 cm³/mol. The van der Waals surface area contributed by atoms with Crippen LogP contribution in [-0.2, 0) is 4.74 Å². The van der Waals surface area contributed by atoms with Crippen LogP contribution in [0.1, 0.15) is 25.3 Å². The van der Waals surface area contributed by atoms with Crippen molar-refractivity contribution in [1.82, 2.24) is 19.5 Å². The fraction of sp³-hybridized carbons (Fsp3) is 0.545. The molecule has 1 saturated carbocycles. The molecule has 108 valence electrons. The van der Waals surface area contributed by atoms with Crippen LogP contribution in [0.3, 0.4) is 0 Å². The lowest BCUT2D eigenvalue weighted by Crippen LogP contribution is -2.11. The first-order valence-corrected chi connectivity index (χ1v) is 7.78. The molecule has 0 bridgehead atoms. The maximum Gasteiger partial charge on any atom is 0.192 e. The lowest BCUT2D eigenvalue weighted by molar-refractivity contribution is 0.0836. The Morgan fingerprint density at radius 3 is 3.00 bits per heavy atom. The smallest absolute Gasteiger partial charge is 0.192 e. The molecule has 2 aromatic heterocycles. The molecule has 0 spiro atoms. The molecule has 0 aromatic carbocycles. The summed E-state index contributed by atoms with van der Waals surface area (Å²) in [7, 11) is -1.99. The SMILES string of the molecule is Nc1ncnc2c1ncn2C1CCC(OCP(O)O)C1. The van der Waals surface area contributed by atoms with Crippen LogP contribution in [0.25, 0.3) is 11.2 Å². The van der Waals surface area contributed by atoms with E-state index in [2.05, 4.69) is 15.0 Å². The molecule has 3 rings (SSSR count). The number of ether oxygens (including phenoxy) is 1. The van der Waals surface area contributed by atoms with Gasteiger partial charge >= 0.3 is 0 Å². The summed E-state index contributed by atoms with van der Waals surface area (Å²) in [5.74, 6) is 0.380. The van der Waals surface area contributed by atoms with Crippen molar-refractivity contribution in [2.45, 2.75) is 31.4 Å². The summed E-state index contributed by atoms with van der Waals surface area (Å²) in [6.07, 6.45) is 5.84. The molecule has 1 aliphatic carbocycles. The van der Waals surface area contributed by atoms with Gasteiger partial charge in [-0.3, -0.25) is 0 Å². The monoisotopic (exact) mass is 297 g/mol. The van der Waals surface area contributed by atoms with E-state index in [-0.39, 0.29) is 18.5 Å². The Balaban J connectivity index is 1.75. The van der Waals surface area contributed by atoms with Crippen LogP contribution >= 0.6 is 8.38 Å². The summed E-state index contributed by atoms with van der Waals surface area (Å²) in [5.41, 5.74) is 7.12. The molecular weight excluding hydrogens is 281 g/mol. The molecule has 8 nitrogen and oxygen atoms in total. The third-order valence-electron chi connectivity index (χ3n) is 3.56. The Morgan fingerprint density at radius 2 is 2.20 bits per heavy atom. The minimum atomic E-state index is -1.99. The number of imidazole rings is 1. The standard InChI is InChI=1S/C11H16N5O3P/c12-10-9-11(14-4-13-10)16(5-15-9)7-1-2-8(3-7)19-6-20(17)18/h4-5,7-8,17-18H,1-3,6H2,(H2,12,13,14). The molecule has 0 radical (unpaired) electrons. The van der Waals surface area contributed by atoms with E-state index in [1.807, 2.05) is 4.57 Å². The Bertz CT molecular complexity index is 605. The first kappa shape index (κ1) is 13.6. The molecular formula is C11H16N5O3P. The number of fused-ring (bicyclic) bond motifs is 1. The van der Waals surface area contributed by atoms with Crippen molar-refractivity contribution in [2.75, 3.05) is 12.1 Å². The van der Waals surface area contributed by atoms with E-state index in [0.717, 1.165) is 24.9 Å². The highest BCUT2D eigenvalue weighted by Crippen LogP contribution is 2.35. The predicted octanol–water partition coefficient (Wildman–Crippen LogP) is 0.773. The van der Waals surface area contributed by atoms with Gasteiger partial charge in [0.15, 0.2) is 19.8 Å². The number of nitrogen functional groups attached to an aromatic ring is 1. The van der Waals surface area contributed by atoms with Gasteiger partial charge in [0.2, 0.25) is 0 Å². The summed E-state index contributed by atoms with van der Waals surface area (Å²) >= 11 is 0. The van der Waals surface area contributed by atoms with Crippen molar-refractivity contribution < 1.29 is 14.5 Å². The third kappa shape index (κ3) is 2.60. The molecule has 0 aliphatic heterocycles. The van der Waals surface area contributed by atoms with Gasteiger partial charge < -0.3 is 24.8 Å². The van der Waals surface area contributed by atoms with Crippen molar-refractivity contribution >= 4 is 25.4 Å². The average Bonchev–Trinajstić information content (AvgIpc) is 3.02. The molecule has 2 aromatic rings. The topological polar surface area (TPSA) is 119 Å². The van der Waals surface area contributed by atoms with Crippen molar-refractivity contribution in [1.29, 1.82) is 0 Å². The summed E-state index contributed by atoms with van der Waals surface area (Å²) in [6.45, 7) is 0. The number of rotatable bonds is 4. The fourth-order valence-corrected chi connectivity index (χ4v) is 2.97. The van der Waals surface area contributed by atoms with Crippen LogP contribution in [0, 0.1) is 0 Å². The fourth-order valence-electron chi connectivity index (χ4n) is 2.63. The van der Waals surface area contributed by atoms with E-state index in [1.54, 1.807) is 6.33 Å². The molecule has 0 amide bonds. The van der Waals surface area contributed by atoms with Gasteiger partial charge in [-0.05, 0) is 19.3 Å². The number of nitrogens with zero attached hydrogens (tertiary/aromatic N) is 4. The molecule has 2 heterocycles. The van der Waals surface area contributed by atoms with Gasteiger partial charge in [0.1, 0.15) is 18.2 Å². The maximum absolute atomic E-state index is 8.88. The Hall–Kier alpha value is -1.34. The van der Waals surface area contributed by atoms with Gasteiger partial charge in [0, 0.05) is 6.04 Å². The normalized spacial score (nSPS) is 22.9. The quantitative estimate of drug-likeness (QED) is 0.713. The molecule has 20 heavy (non-hydrogen) atoms. The number of nitrogens with two attached hydrogens (primary N) is 1. The molecule has 4 N–H and O–H groups in total. The van der Waals surface area contributed by atoms with E-state index >= 15 is 0 Å². The number of hydrogen-bond acceptors (Lipinski definition) is 7. The van der Waals surface area contributed by atoms with E-state index in [0.29, 0.717) is 11.3 Å². The summed E-state index contributed by atoms with van der Waals surface area (Å²) in [4.78, 5) is 30.2. The summed E-state index contributed by atoms with van der Waals surface area (Å²) in [5, 5.41) is 0. The van der Waals surface area contributed by atoms with Crippen LogP contribution in [0.2, 0.25) is 0 Å². The lowest BCUT2D eigenvalue weighted by Gasteiger charge is -2.14. The van der Waals surface area contributed by atoms with Gasteiger partial charge in [0.25, 0.3) is 0 Å². The van der Waals surface area contributed by atoms with Gasteiger partial charge in [-0.25, -0.2) is 15.0 Å². The van der Waals surface area contributed by atoms with Crippen molar-refractivity contribution in [2.24, 2.45) is 0 Å². The van der Waals surface area contributed by atoms with Gasteiger partial charge in [-0.2, -0.15) is 0 Å². The van der Waals surface area contributed by atoms with Gasteiger partial charge in [-0.15, -0.1) is 0 Å². The van der Waals surface area contributed by atoms with E-state index in [9.17, 15) is 0 Å². The van der Waals surface area contributed by atoms with Crippen LogP contribution in [0.15, 0.2) is 12.7 Å². The summed E-state index contributed by atoms with van der Waals surface area (Å²) in [6, 6.07) is 0.239. The first-order valence-electron chi connectivity index (χ1n) is 6.35. The average molecular weight is 297 g/mol. The van der Waals surface area contributed by atoms with E-state index < -0.39 is 8.38 Å². The van der Waals surface area contributed by atoms with Crippen LogP contribution in [0.4, 0.5) is 5.82 Å². The zero-order chi connectivity index (χ0) is 14.1. The van der Waals surface area contributed by atoms with Crippen molar-refractivity contribution in [3.63, 3.8) is 0 Å². The maximum atomic E-state index is 8.88. The minimum Gasteiger partial charge on any atom is -0.382 e.